The van der Waals surface area contributed by atoms with E-state index < -0.39 is 102 Å². The quantitative estimate of drug-likeness (QED) is 0.256. The molecule has 4 fully saturated rings. The highest BCUT2D eigenvalue weighted by Crippen LogP contribution is 2.70. The summed E-state index contributed by atoms with van der Waals surface area (Å²) in [5, 5.41) is 34.3. The molecule has 14 nitrogen and oxygen atoms in total. The number of phosphoric acid groups is 1. The molecule has 1 aromatic rings. The zero-order chi connectivity index (χ0) is 34.5. The molecule has 0 spiro atoms. The van der Waals surface area contributed by atoms with Crippen molar-refractivity contribution in [3.63, 3.8) is 0 Å². The van der Waals surface area contributed by atoms with Crippen molar-refractivity contribution >= 4 is 19.4 Å². The average molecular weight is 682 g/mol. The molecule has 1 radical (unpaired) electrons. The number of nitrogens with one attached hydrogen (secondary N) is 1. The summed E-state index contributed by atoms with van der Waals surface area (Å²) in [7, 11) is -5.14. The van der Waals surface area contributed by atoms with Gasteiger partial charge < -0.3 is 24.9 Å². The van der Waals surface area contributed by atoms with Crippen LogP contribution in [-0.4, -0.2) is 83.6 Å². The van der Waals surface area contributed by atoms with Crippen LogP contribution in [-0.2, 0) is 27.9 Å². The molecule has 1 unspecified atom stereocenters. The molecule has 1 saturated heterocycles. The third-order valence-electron chi connectivity index (χ3n) is 11.7. The molecular weight excluding hydrogens is 642 g/mol. The van der Waals surface area contributed by atoms with Crippen molar-refractivity contribution in [3.8, 4) is 0 Å². The average Bonchev–Trinajstić information content (AvgIpc) is 3.37. The first-order chi connectivity index (χ1) is 21.8. The van der Waals surface area contributed by atoms with E-state index in [1.54, 1.807) is 20.8 Å². The van der Waals surface area contributed by atoms with Gasteiger partial charge in [-0.2, -0.15) is 0 Å². The molecule has 1 aliphatic heterocycles. The topological polar surface area (TPSA) is 215 Å². The second-order valence-electron chi connectivity index (χ2n) is 14.0. The summed E-state index contributed by atoms with van der Waals surface area (Å²) < 4.78 is 46.8. The fraction of sp³-hybridized carbons (Fsp3) is 0.645. The molecule has 0 aromatic carbocycles. The lowest BCUT2D eigenvalue weighted by molar-refractivity contribution is -0.219. The number of ketones is 2. The van der Waals surface area contributed by atoms with Crippen LogP contribution in [0.2, 0.25) is 0 Å². The van der Waals surface area contributed by atoms with Crippen LogP contribution in [0, 0.1) is 35.5 Å². The summed E-state index contributed by atoms with van der Waals surface area (Å²) in [6, 6.07) is 1.01. The highest BCUT2D eigenvalue weighted by atomic mass is 31.2. The fourth-order valence-electron chi connectivity index (χ4n) is 9.28. The van der Waals surface area contributed by atoms with Gasteiger partial charge in [0.05, 0.1) is 12.2 Å². The Morgan fingerprint density at radius 1 is 1.26 bits per heavy atom. The number of Topliss-reactive ketones (excluding diaryl/α,β-unsaturated/α-hetero) is 1. The van der Waals surface area contributed by atoms with Gasteiger partial charge >= 0.3 is 13.5 Å². The van der Waals surface area contributed by atoms with Crippen molar-refractivity contribution in [2.45, 2.75) is 88.4 Å². The summed E-state index contributed by atoms with van der Waals surface area (Å²) in [4.78, 5) is 61.9. The molecule has 5 aliphatic rings. The normalized spacial score (nSPS) is 45.5. The Balaban J connectivity index is 1.19. The lowest BCUT2D eigenvalue weighted by atomic mass is 9.44. The minimum absolute atomic E-state index is 0.229. The van der Waals surface area contributed by atoms with Gasteiger partial charge in [-0.05, 0) is 63.5 Å². The zero-order valence-electron chi connectivity index (χ0n) is 26.1. The predicted octanol–water partition coefficient (Wildman–Crippen LogP) is 1.05. The van der Waals surface area contributed by atoms with Crippen LogP contribution in [0.4, 0.5) is 4.39 Å². The highest BCUT2D eigenvalue weighted by Gasteiger charge is 2.75. The van der Waals surface area contributed by atoms with Crippen LogP contribution < -0.4 is 11.2 Å². The molecular formula is C31H39FN2O12P. The number of hydrogen-bond donors (Lipinski definition) is 5. The number of alkyl halides is 1. The Bertz CT molecular complexity index is 1730. The molecule has 1 aromatic heterocycles. The van der Waals surface area contributed by atoms with E-state index in [4.69, 9.17) is 13.8 Å². The first-order valence-electron chi connectivity index (χ1n) is 15.5. The van der Waals surface area contributed by atoms with Gasteiger partial charge in [-0.3, -0.25) is 33.0 Å². The van der Waals surface area contributed by atoms with Crippen molar-refractivity contribution in [1.29, 1.82) is 0 Å². The highest BCUT2D eigenvalue weighted by molar-refractivity contribution is 7.47. The van der Waals surface area contributed by atoms with Crippen LogP contribution in [0.5, 0.6) is 0 Å². The van der Waals surface area contributed by atoms with Crippen molar-refractivity contribution in [1.82, 2.24) is 9.55 Å². The fourth-order valence-corrected chi connectivity index (χ4v) is 10.2. The summed E-state index contributed by atoms with van der Waals surface area (Å²) in [5.74, 6) is -3.30. The van der Waals surface area contributed by atoms with Gasteiger partial charge in [0.25, 0.3) is 5.56 Å². The SMILES string of the molecule is [CH2][C@H]1O[C@@H](n2ccc(=O)[nH]c2=O)[C@H](O)[C@@H]1OP(=O)(O)OCC(=O)[C@@]1(O)[C@H](C)C[C@H]2[C@@H]3CCC4=CC(=O)C=C[C@]4(C)[C@@]3(F)[C@@H](O)C[C@@]21C. The number of aromatic amines is 1. The number of aromatic nitrogens is 2. The molecule has 0 amide bonds. The number of carbonyl (C=O) groups excluding carboxylic acids is 2. The third kappa shape index (κ3) is 4.88. The molecule has 4 aliphatic carbocycles. The van der Waals surface area contributed by atoms with Gasteiger partial charge in [0.2, 0.25) is 0 Å². The molecule has 6 rings (SSSR count). The Morgan fingerprint density at radius 2 is 1.96 bits per heavy atom. The minimum atomic E-state index is -5.14. The van der Waals surface area contributed by atoms with Gasteiger partial charge in [-0.15, -0.1) is 0 Å². The van der Waals surface area contributed by atoms with Crippen LogP contribution in [0.1, 0.15) is 52.7 Å². The van der Waals surface area contributed by atoms with Gasteiger partial charge in [-0.1, -0.05) is 25.5 Å². The maximum Gasteiger partial charge on any atom is 0.473 e. The maximum atomic E-state index is 17.4. The van der Waals surface area contributed by atoms with Gasteiger partial charge in [0, 0.05) is 29.0 Å². The van der Waals surface area contributed by atoms with E-state index in [1.807, 2.05) is 4.98 Å². The van der Waals surface area contributed by atoms with E-state index in [2.05, 4.69) is 6.92 Å². The maximum absolute atomic E-state index is 17.4. The molecule has 13 atom stereocenters. The molecule has 5 N–H and O–H groups in total. The number of hydrogen-bond acceptors (Lipinski definition) is 11. The van der Waals surface area contributed by atoms with E-state index in [-0.39, 0.29) is 25.0 Å². The number of H-pyrrole nitrogens is 1. The predicted molar refractivity (Wildman–Crippen MR) is 160 cm³/mol. The van der Waals surface area contributed by atoms with Crippen molar-refractivity contribution in [2.24, 2.45) is 28.6 Å². The Hall–Kier alpha value is -2.62. The molecule has 16 heteroatoms. The number of phosphoric ester groups is 1. The zero-order valence-corrected chi connectivity index (χ0v) is 27.0. The van der Waals surface area contributed by atoms with E-state index >= 15 is 4.39 Å². The van der Waals surface area contributed by atoms with E-state index in [0.29, 0.717) is 12.0 Å². The van der Waals surface area contributed by atoms with Crippen LogP contribution in [0.15, 0.2) is 45.7 Å². The summed E-state index contributed by atoms with van der Waals surface area (Å²) >= 11 is 0. The number of fused-ring (bicyclic) bond motifs is 5. The van der Waals surface area contributed by atoms with Gasteiger partial charge in [0.15, 0.2) is 23.5 Å². The number of halogens is 1. The molecule has 2 heterocycles. The van der Waals surface area contributed by atoms with E-state index in [1.165, 1.54) is 18.2 Å². The number of carbonyl (C=O) groups is 2. The molecule has 47 heavy (non-hydrogen) atoms. The lowest BCUT2D eigenvalue weighted by Gasteiger charge is -2.62. The van der Waals surface area contributed by atoms with E-state index in [0.717, 1.165) is 16.8 Å². The van der Waals surface area contributed by atoms with Crippen LogP contribution in [0.25, 0.3) is 0 Å². The van der Waals surface area contributed by atoms with Gasteiger partial charge in [0.1, 0.15) is 24.4 Å². The Kier molecular flexibility index (Phi) is 8.17. The minimum Gasteiger partial charge on any atom is -0.390 e. The first-order valence-corrected chi connectivity index (χ1v) is 17.0. The van der Waals surface area contributed by atoms with Crippen LogP contribution >= 0.6 is 7.82 Å². The second-order valence-corrected chi connectivity index (χ2v) is 15.4. The Labute approximate surface area is 268 Å². The van der Waals surface area contributed by atoms with Crippen LogP contribution in [0.3, 0.4) is 0 Å². The van der Waals surface area contributed by atoms with Crippen molar-refractivity contribution < 1.29 is 52.5 Å². The van der Waals surface area contributed by atoms with E-state index in [9.17, 15) is 44.0 Å². The number of nitrogens with zero attached hydrogens (tertiary/aromatic N) is 1. The summed E-state index contributed by atoms with van der Waals surface area (Å²) in [6.07, 6.45) is -1.78. The number of allylic oxidation sites excluding steroid dienone is 4. The lowest BCUT2D eigenvalue weighted by Crippen LogP contribution is -2.69. The first kappa shape index (κ1) is 34.3. The second kappa shape index (κ2) is 11.2. The number of ether oxygens (including phenoxy) is 1. The molecule has 0 bridgehead atoms. The number of aliphatic hydroxyl groups is 3. The molecule has 3 saturated carbocycles. The Morgan fingerprint density at radius 3 is 2.64 bits per heavy atom. The standard InChI is InChI=1S/C31H39FN2O12P/c1-15-11-20-19-6-5-17-12-18(35)7-9-28(17,3)30(19,32)21(36)13-29(20,4)31(15,41)22(37)14-44-47(42,43)46-25-16(2)45-26(24(25)39)34-10-8-23(38)33-27(34)40/h7-10,12,15-16,19-21,24-26,36,39,41H,2,5-6,11,13-14H2,1,3-4H3,(H,42,43)(H,33,38,40)/t15-,16-,19+,20+,21+,24-,25-,26-,28+,29+,30+,31+/m1/s1. The van der Waals surface area contributed by atoms with Gasteiger partial charge in [-0.25, -0.2) is 13.8 Å². The monoisotopic (exact) mass is 681 g/mol. The van der Waals surface area contributed by atoms with Crippen molar-refractivity contribution in [3.05, 3.63) is 63.8 Å². The summed E-state index contributed by atoms with van der Waals surface area (Å²) in [5.41, 5.74) is -7.98. The molecule has 257 valence electrons. The largest absolute Gasteiger partial charge is 0.473 e. The number of aliphatic hydroxyl groups excluding tert-OH is 2. The third-order valence-corrected chi connectivity index (χ3v) is 12.7. The van der Waals surface area contributed by atoms with Crippen molar-refractivity contribution in [2.75, 3.05) is 6.61 Å². The smallest absolute Gasteiger partial charge is 0.390 e. The number of rotatable bonds is 7. The summed E-state index contributed by atoms with van der Waals surface area (Å²) in [6.45, 7) is 7.42.